The quantitative estimate of drug-likeness (QED) is 0.377. The number of carbonyl (C=O) groups is 1. The van der Waals surface area contributed by atoms with Crippen LogP contribution in [0.15, 0.2) is 0 Å². The van der Waals surface area contributed by atoms with Crippen LogP contribution in [-0.4, -0.2) is 12.5 Å². The minimum Gasteiger partial charge on any atom is -0.356 e. The predicted molar refractivity (Wildman–Crippen MR) is 93.5 cm³/mol. The van der Waals surface area contributed by atoms with Gasteiger partial charge in [-0.15, -0.1) is 0 Å². The maximum absolute atomic E-state index is 11.7. The summed E-state index contributed by atoms with van der Waals surface area (Å²) in [5, 5.41) is 3.06. The van der Waals surface area contributed by atoms with Crippen LogP contribution in [-0.2, 0) is 4.79 Å². The number of hydrogen-bond acceptors (Lipinski definition) is 1. The highest BCUT2D eigenvalue weighted by Crippen LogP contribution is 2.11. The Kier molecular flexibility index (Phi) is 15.5. The van der Waals surface area contributed by atoms with E-state index in [1.54, 1.807) is 0 Å². The van der Waals surface area contributed by atoms with Crippen LogP contribution in [0.4, 0.5) is 0 Å². The highest BCUT2D eigenvalue weighted by Gasteiger charge is 2.07. The van der Waals surface area contributed by atoms with Crippen molar-refractivity contribution in [2.45, 2.75) is 104 Å². The van der Waals surface area contributed by atoms with E-state index in [4.69, 9.17) is 0 Å². The Hall–Kier alpha value is -0.530. The Balaban J connectivity index is 3.19. The Morgan fingerprint density at radius 3 is 1.86 bits per heavy atom. The summed E-state index contributed by atoms with van der Waals surface area (Å²) < 4.78 is 0. The van der Waals surface area contributed by atoms with Gasteiger partial charge in [0.15, 0.2) is 0 Å². The minimum absolute atomic E-state index is 0.242. The van der Waals surface area contributed by atoms with Crippen molar-refractivity contribution in [1.29, 1.82) is 0 Å². The maximum Gasteiger partial charge on any atom is 0.220 e. The number of carbonyl (C=O) groups excluding carboxylic acids is 1. The Morgan fingerprint density at radius 1 is 0.810 bits per heavy atom. The zero-order valence-corrected chi connectivity index (χ0v) is 14.9. The van der Waals surface area contributed by atoms with Crippen LogP contribution in [0.3, 0.4) is 0 Å². The summed E-state index contributed by atoms with van der Waals surface area (Å²) in [5.74, 6) is 0.773. The molecular weight excluding hydrogens is 258 g/mol. The lowest BCUT2D eigenvalue weighted by Crippen LogP contribution is -2.25. The van der Waals surface area contributed by atoms with Crippen molar-refractivity contribution < 1.29 is 4.79 Å². The zero-order valence-electron chi connectivity index (χ0n) is 14.9. The largest absolute Gasteiger partial charge is 0.356 e. The fourth-order valence-electron chi connectivity index (χ4n) is 2.82. The number of rotatable bonds is 15. The molecule has 2 nitrogen and oxygen atoms in total. The van der Waals surface area contributed by atoms with Gasteiger partial charge in [0, 0.05) is 13.0 Å². The highest BCUT2D eigenvalue weighted by molar-refractivity contribution is 5.76. The van der Waals surface area contributed by atoms with Gasteiger partial charge in [0.2, 0.25) is 5.91 Å². The molecule has 0 saturated heterocycles. The summed E-state index contributed by atoms with van der Waals surface area (Å²) in [6, 6.07) is 0. The molecule has 0 heterocycles. The van der Waals surface area contributed by atoms with Crippen molar-refractivity contribution in [1.82, 2.24) is 5.32 Å². The van der Waals surface area contributed by atoms with E-state index in [0.29, 0.717) is 12.3 Å². The van der Waals surface area contributed by atoms with Crippen molar-refractivity contribution in [3.8, 4) is 0 Å². The average Bonchev–Trinajstić information content (AvgIpc) is 2.45. The molecule has 1 N–H and O–H groups in total. The third kappa shape index (κ3) is 15.7. The average molecular weight is 298 g/mol. The van der Waals surface area contributed by atoms with E-state index >= 15 is 0 Å². The molecule has 0 aliphatic carbocycles. The molecular formula is C19H39NO. The van der Waals surface area contributed by atoms with Gasteiger partial charge in [0.25, 0.3) is 0 Å². The SMILES string of the molecule is CCCCCCCCCCCCNC(=O)CC(C)CCC. The molecule has 1 amide bonds. The van der Waals surface area contributed by atoms with E-state index in [2.05, 4.69) is 26.1 Å². The standard InChI is InChI=1S/C19H39NO/c1-4-6-7-8-9-10-11-12-13-14-16-20-19(21)17-18(3)15-5-2/h18H,4-17H2,1-3H3,(H,20,21). The number of amides is 1. The van der Waals surface area contributed by atoms with Gasteiger partial charge in [0.1, 0.15) is 0 Å². The predicted octanol–water partition coefficient (Wildman–Crippen LogP) is 5.85. The third-order valence-corrected chi connectivity index (χ3v) is 4.17. The van der Waals surface area contributed by atoms with E-state index < -0.39 is 0 Å². The summed E-state index contributed by atoms with van der Waals surface area (Å²) in [4.78, 5) is 11.7. The first-order valence-corrected chi connectivity index (χ1v) is 9.47. The summed E-state index contributed by atoms with van der Waals surface area (Å²) in [6.07, 6.45) is 16.5. The van der Waals surface area contributed by atoms with Crippen LogP contribution < -0.4 is 5.32 Å². The molecule has 0 aromatic rings. The van der Waals surface area contributed by atoms with Crippen LogP contribution in [0.1, 0.15) is 104 Å². The molecule has 21 heavy (non-hydrogen) atoms. The normalized spacial score (nSPS) is 12.3. The van der Waals surface area contributed by atoms with E-state index in [9.17, 15) is 4.79 Å². The molecule has 126 valence electrons. The van der Waals surface area contributed by atoms with Crippen molar-refractivity contribution in [3.05, 3.63) is 0 Å². The molecule has 0 aliphatic rings. The van der Waals surface area contributed by atoms with Gasteiger partial charge in [0.05, 0.1) is 0 Å². The van der Waals surface area contributed by atoms with Crippen molar-refractivity contribution in [2.75, 3.05) is 6.54 Å². The zero-order chi connectivity index (χ0) is 15.8. The van der Waals surface area contributed by atoms with Crippen LogP contribution >= 0.6 is 0 Å². The molecule has 0 radical (unpaired) electrons. The van der Waals surface area contributed by atoms with Gasteiger partial charge in [-0.3, -0.25) is 4.79 Å². The fraction of sp³-hybridized carbons (Fsp3) is 0.947. The van der Waals surface area contributed by atoms with Crippen LogP contribution in [0.2, 0.25) is 0 Å². The number of hydrogen-bond donors (Lipinski definition) is 1. The molecule has 0 aliphatic heterocycles. The van der Waals surface area contributed by atoms with Crippen LogP contribution in [0, 0.1) is 5.92 Å². The van der Waals surface area contributed by atoms with Crippen LogP contribution in [0.25, 0.3) is 0 Å². The molecule has 0 rings (SSSR count). The van der Waals surface area contributed by atoms with E-state index in [-0.39, 0.29) is 5.91 Å². The molecule has 0 fully saturated rings. The first kappa shape index (κ1) is 20.5. The molecule has 0 saturated carbocycles. The summed E-state index contributed by atoms with van der Waals surface area (Å²) in [6.45, 7) is 7.49. The van der Waals surface area contributed by atoms with E-state index in [1.165, 1.54) is 64.2 Å². The van der Waals surface area contributed by atoms with Crippen LogP contribution in [0.5, 0.6) is 0 Å². The second kappa shape index (κ2) is 15.9. The summed E-state index contributed by atoms with van der Waals surface area (Å²) in [5.41, 5.74) is 0. The number of nitrogens with one attached hydrogen (secondary N) is 1. The minimum atomic E-state index is 0.242. The lowest BCUT2D eigenvalue weighted by molar-refractivity contribution is -0.121. The summed E-state index contributed by atoms with van der Waals surface area (Å²) >= 11 is 0. The van der Waals surface area contributed by atoms with Gasteiger partial charge >= 0.3 is 0 Å². The highest BCUT2D eigenvalue weighted by atomic mass is 16.1. The first-order chi connectivity index (χ1) is 10.2. The molecule has 1 unspecified atom stereocenters. The van der Waals surface area contributed by atoms with Gasteiger partial charge in [-0.2, -0.15) is 0 Å². The fourth-order valence-corrected chi connectivity index (χ4v) is 2.82. The second-order valence-corrected chi connectivity index (χ2v) is 6.63. The Morgan fingerprint density at radius 2 is 1.33 bits per heavy atom. The first-order valence-electron chi connectivity index (χ1n) is 9.47. The van der Waals surface area contributed by atoms with E-state index in [0.717, 1.165) is 19.4 Å². The molecule has 0 aromatic heterocycles. The van der Waals surface area contributed by atoms with Gasteiger partial charge in [-0.25, -0.2) is 0 Å². The second-order valence-electron chi connectivity index (χ2n) is 6.63. The van der Waals surface area contributed by atoms with Gasteiger partial charge in [-0.05, 0) is 12.3 Å². The lowest BCUT2D eigenvalue weighted by atomic mass is 10.0. The maximum atomic E-state index is 11.7. The van der Waals surface area contributed by atoms with Crippen molar-refractivity contribution in [2.24, 2.45) is 5.92 Å². The van der Waals surface area contributed by atoms with Crippen molar-refractivity contribution in [3.63, 3.8) is 0 Å². The topological polar surface area (TPSA) is 29.1 Å². The summed E-state index contributed by atoms with van der Waals surface area (Å²) in [7, 11) is 0. The van der Waals surface area contributed by atoms with Gasteiger partial charge in [-0.1, -0.05) is 91.4 Å². The lowest BCUT2D eigenvalue weighted by Gasteiger charge is -2.10. The molecule has 1 atom stereocenters. The Bertz CT molecular complexity index is 228. The van der Waals surface area contributed by atoms with E-state index in [1.807, 2.05) is 0 Å². The molecule has 0 bridgehead atoms. The molecule has 2 heteroatoms. The Labute approximate surface area is 133 Å². The molecule has 0 aromatic carbocycles. The van der Waals surface area contributed by atoms with Gasteiger partial charge < -0.3 is 5.32 Å². The number of unbranched alkanes of at least 4 members (excludes halogenated alkanes) is 9. The van der Waals surface area contributed by atoms with Crippen molar-refractivity contribution >= 4 is 5.91 Å². The molecule has 0 spiro atoms. The third-order valence-electron chi connectivity index (χ3n) is 4.17. The monoisotopic (exact) mass is 297 g/mol. The smallest absolute Gasteiger partial charge is 0.220 e.